The summed E-state index contributed by atoms with van der Waals surface area (Å²) in [5.74, 6) is -1.65. The predicted octanol–water partition coefficient (Wildman–Crippen LogP) is 2.53. The molecule has 228 valence electrons. The Balaban J connectivity index is 1.71. The molecule has 1 unspecified atom stereocenters. The van der Waals surface area contributed by atoms with Crippen LogP contribution < -0.4 is 0 Å². The number of esters is 2. The SMILES string of the molecule is CO[C@H]1C(=O)[C@]2(C)[C@@H](OC)C[C@H]3OC[C@@]3(OC(C)=O)[C@]23CC3(OC(=O)c2ccccc2)[C@]2(O)C[C@H](O)C(C)=C1C2(C)C. The highest BCUT2D eigenvalue weighted by atomic mass is 16.6. The molecule has 6 rings (SSSR count). The molecule has 1 aromatic rings. The standard InChI is InChI=1S/C32H40O10/c1-17-20(34)14-31(37)27(3,4)23(17)24(39-7)25(35)28(5)21(38-6)13-22-29(16-40-22,41-18(2)33)30(28)15-32(30,31)42-26(36)19-11-9-8-10-12-19/h8-12,20-22,24,34,37H,13-16H2,1-7H3/t20-,21-,22+,24+,28-,29-,30-,31-,32?/m0/s1. The second kappa shape index (κ2) is 8.95. The van der Waals surface area contributed by atoms with Gasteiger partial charge in [-0.15, -0.1) is 0 Å². The molecule has 4 aliphatic carbocycles. The van der Waals surface area contributed by atoms with E-state index in [0.717, 1.165) is 0 Å². The second-order valence-electron chi connectivity index (χ2n) is 13.4. The van der Waals surface area contributed by atoms with Gasteiger partial charge in [0.2, 0.25) is 0 Å². The fourth-order valence-electron chi connectivity index (χ4n) is 9.63. The summed E-state index contributed by atoms with van der Waals surface area (Å²) in [4.78, 5) is 41.9. The number of hydrogen-bond acceptors (Lipinski definition) is 10. The van der Waals surface area contributed by atoms with E-state index in [9.17, 15) is 19.8 Å². The summed E-state index contributed by atoms with van der Waals surface area (Å²) >= 11 is 0. The molecule has 1 aliphatic heterocycles. The minimum Gasteiger partial charge on any atom is -0.453 e. The Labute approximate surface area is 245 Å². The van der Waals surface area contributed by atoms with Gasteiger partial charge in [0.05, 0.1) is 35.2 Å². The van der Waals surface area contributed by atoms with Gasteiger partial charge >= 0.3 is 11.9 Å². The molecule has 1 heterocycles. The van der Waals surface area contributed by atoms with Crippen molar-refractivity contribution in [3.05, 3.63) is 47.0 Å². The van der Waals surface area contributed by atoms with Crippen LogP contribution in [0.25, 0.3) is 0 Å². The van der Waals surface area contributed by atoms with Crippen molar-refractivity contribution < 1.29 is 48.3 Å². The number of benzene rings is 1. The highest BCUT2D eigenvalue weighted by Crippen LogP contribution is 2.85. The van der Waals surface area contributed by atoms with E-state index in [1.807, 2.05) is 0 Å². The van der Waals surface area contributed by atoms with Crippen LogP contribution in [0, 0.1) is 16.2 Å². The number of hydrogen-bond donors (Lipinski definition) is 2. The molecular weight excluding hydrogens is 544 g/mol. The van der Waals surface area contributed by atoms with Crippen LogP contribution >= 0.6 is 0 Å². The van der Waals surface area contributed by atoms with Crippen LogP contribution in [0.4, 0.5) is 0 Å². The van der Waals surface area contributed by atoms with Gasteiger partial charge in [-0.25, -0.2) is 4.79 Å². The van der Waals surface area contributed by atoms with Gasteiger partial charge < -0.3 is 33.9 Å². The molecule has 2 bridgehead atoms. The van der Waals surface area contributed by atoms with Gasteiger partial charge in [-0.3, -0.25) is 9.59 Å². The minimum atomic E-state index is -1.93. The lowest BCUT2D eigenvalue weighted by atomic mass is 9.44. The summed E-state index contributed by atoms with van der Waals surface area (Å²) in [6, 6.07) is 8.40. The van der Waals surface area contributed by atoms with Gasteiger partial charge in [0.25, 0.3) is 0 Å². The van der Waals surface area contributed by atoms with E-state index in [2.05, 4.69) is 0 Å². The highest BCUT2D eigenvalue weighted by molar-refractivity contribution is 5.96. The monoisotopic (exact) mass is 584 g/mol. The summed E-state index contributed by atoms with van der Waals surface area (Å²) < 4.78 is 30.7. The van der Waals surface area contributed by atoms with E-state index in [-0.39, 0.29) is 37.2 Å². The second-order valence-corrected chi connectivity index (χ2v) is 13.4. The van der Waals surface area contributed by atoms with Crippen molar-refractivity contribution in [2.45, 2.75) is 95.1 Å². The summed E-state index contributed by atoms with van der Waals surface area (Å²) in [6.45, 7) is 8.28. The average Bonchev–Trinajstić information content (AvgIpc) is 3.62. The van der Waals surface area contributed by atoms with E-state index < -0.39 is 69.4 Å². The number of rotatable bonds is 5. The number of aliphatic hydroxyl groups excluding tert-OH is 1. The number of carbonyl (C=O) groups excluding carboxylic acids is 3. The lowest BCUT2D eigenvalue weighted by Gasteiger charge is -2.67. The van der Waals surface area contributed by atoms with E-state index in [4.69, 9.17) is 23.7 Å². The number of Topliss-reactive ketones (excluding diaryl/α,β-unsaturated/α-hetero) is 1. The summed E-state index contributed by atoms with van der Waals surface area (Å²) in [5, 5.41) is 24.6. The fourth-order valence-corrected chi connectivity index (χ4v) is 9.63. The maximum Gasteiger partial charge on any atom is 0.338 e. The summed E-state index contributed by atoms with van der Waals surface area (Å²) in [6.07, 6.45) is -3.72. The number of aliphatic hydroxyl groups is 2. The van der Waals surface area contributed by atoms with E-state index in [1.54, 1.807) is 58.0 Å². The Hall–Kier alpha value is -2.63. The Bertz CT molecular complexity index is 1390. The van der Waals surface area contributed by atoms with Crippen molar-refractivity contribution in [1.29, 1.82) is 0 Å². The number of ketones is 1. The van der Waals surface area contributed by atoms with Crippen molar-refractivity contribution in [3.63, 3.8) is 0 Å². The maximum absolute atomic E-state index is 15.1. The first-order chi connectivity index (χ1) is 19.7. The van der Waals surface area contributed by atoms with E-state index >= 15 is 4.79 Å². The van der Waals surface area contributed by atoms with Gasteiger partial charge in [0.1, 0.15) is 17.8 Å². The molecule has 5 aliphatic rings. The Kier molecular flexibility index (Phi) is 6.27. The first-order valence-electron chi connectivity index (χ1n) is 14.5. The Morgan fingerprint density at radius 1 is 1.05 bits per heavy atom. The zero-order chi connectivity index (χ0) is 30.7. The van der Waals surface area contributed by atoms with Crippen LogP contribution in [0.15, 0.2) is 41.5 Å². The number of fused-ring (bicyclic) bond motifs is 4. The van der Waals surface area contributed by atoms with Gasteiger partial charge in [-0.05, 0) is 37.1 Å². The molecule has 9 atom stereocenters. The van der Waals surface area contributed by atoms with E-state index in [1.165, 1.54) is 21.1 Å². The third-order valence-corrected chi connectivity index (χ3v) is 11.7. The Morgan fingerprint density at radius 2 is 1.71 bits per heavy atom. The van der Waals surface area contributed by atoms with Gasteiger partial charge in [-0.1, -0.05) is 32.0 Å². The third kappa shape index (κ3) is 3.05. The smallest absolute Gasteiger partial charge is 0.338 e. The van der Waals surface area contributed by atoms with Crippen LogP contribution in [-0.2, 0) is 33.3 Å². The zero-order valence-corrected chi connectivity index (χ0v) is 25.2. The molecule has 0 radical (unpaired) electrons. The lowest BCUT2D eigenvalue weighted by Crippen LogP contribution is -2.82. The maximum atomic E-state index is 15.1. The largest absolute Gasteiger partial charge is 0.453 e. The fraction of sp³-hybridized carbons (Fsp3) is 0.656. The van der Waals surface area contributed by atoms with Crippen molar-refractivity contribution >= 4 is 17.7 Å². The van der Waals surface area contributed by atoms with Gasteiger partial charge in [0.15, 0.2) is 17.0 Å². The normalized spacial score (nSPS) is 44.8. The van der Waals surface area contributed by atoms with Crippen LogP contribution in [0.1, 0.15) is 64.2 Å². The predicted molar refractivity (Wildman–Crippen MR) is 147 cm³/mol. The molecular formula is C32H40O10. The van der Waals surface area contributed by atoms with Crippen LogP contribution in [0.3, 0.4) is 0 Å². The summed E-state index contributed by atoms with van der Waals surface area (Å²) in [7, 11) is 2.93. The van der Waals surface area contributed by atoms with Gasteiger partial charge in [-0.2, -0.15) is 0 Å². The third-order valence-electron chi connectivity index (χ3n) is 11.7. The Morgan fingerprint density at radius 3 is 2.26 bits per heavy atom. The topological polar surface area (TPSA) is 138 Å². The van der Waals surface area contributed by atoms with Crippen molar-refractivity contribution in [3.8, 4) is 0 Å². The number of methoxy groups -OCH3 is 2. The first-order valence-corrected chi connectivity index (χ1v) is 14.5. The van der Waals surface area contributed by atoms with Crippen LogP contribution in [0.5, 0.6) is 0 Å². The lowest BCUT2D eigenvalue weighted by molar-refractivity contribution is -0.350. The van der Waals surface area contributed by atoms with E-state index in [0.29, 0.717) is 11.1 Å². The molecule has 1 saturated heterocycles. The molecule has 0 amide bonds. The molecule has 2 N–H and O–H groups in total. The van der Waals surface area contributed by atoms with Gasteiger partial charge in [0, 0.05) is 45.8 Å². The van der Waals surface area contributed by atoms with Crippen molar-refractivity contribution in [1.82, 2.24) is 0 Å². The molecule has 42 heavy (non-hydrogen) atoms. The minimum absolute atomic E-state index is 0.0246. The van der Waals surface area contributed by atoms with Crippen LogP contribution in [-0.4, -0.2) is 90.0 Å². The highest BCUT2D eigenvalue weighted by Gasteiger charge is 2.99. The quantitative estimate of drug-likeness (QED) is 0.392. The molecule has 1 spiro atoms. The van der Waals surface area contributed by atoms with Crippen LogP contribution in [0.2, 0.25) is 0 Å². The molecule has 3 saturated carbocycles. The average molecular weight is 585 g/mol. The summed E-state index contributed by atoms with van der Waals surface area (Å²) in [5.41, 5.74) is -8.11. The molecule has 10 heteroatoms. The van der Waals surface area contributed by atoms with Crippen molar-refractivity contribution in [2.24, 2.45) is 16.2 Å². The molecule has 1 aromatic carbocycles. The first kappa shape index (κ1) is 29.4. The molecule has 0 aromatic heterocycles. The van der Waals surface area contributed by atoms with Crippen molar-refractivity contribution in [2.75, 3.05) is 20.8 Å². The molecule has 4 fully saturated rings. The number of carbonyl (C=O) groups is 3. The molecule has 10 nitrogen and oxygen atoms in total. The number of ether oxygens (including phenoxy) is 5. The zero-order valence-electron chi connectivity index (χ0n) is 25.2.